The van der Waals surface area contributed by atoms with Crippen molar-refractivity contribution in [3.05, 3.63) is 127 Å². The van der Waals surface area contributed by atoms with E-state index in [0.29, 0.717) is 33.9 Å². The number of ether oxygens (including phenoxy) is 5. The number of benzene rings is 4. The van der Waals surface area contributed by atoms with E-state index in [1.54, 1.807) is 72.8 Å². The molecule has 0 bridgehead atoms. The van der Waals surface area contributed by atoms with Crippen LogP contribution in [0.4, 0.5) is 0 Å². The minimum Gasteiger partial charge on any atom is -0.457 e. The zero-order valence-electron chi connectivity index (χ0n) is 21.7. The minimum absolute atomic E-state index is 0.182. The molecule has 0 N–H and O–H groups in total. The van der Waals surface area contributed by atoms with Gasteiger partial charge in [0.1, 0.15) is 17.2 Å². The Balaban J connectivity index is 1.36. The van der Waals surface area contributed by atoms with Gasteiger partial charge >= 0.3 is 17.9 Å². The Morgan fingerprint density at radius 1 is 0.561 bits per heavy atom. The Bertz CT molecular complexity index is 1600. The van der Waals surface area contributed by atoms with Crippen LogP contribution in [0.1, 0.15) is 26.3 Å². The lowest BCUT2D eigenvalue weighted by Crippen LogP contribution is -2.09. The maximum absolute atomic E-state index is 13.0. The fourth-order valence-electron chi connectivity index (χ4n) is 3.58. The predicted octanol–water partition coefficient (Wildman–Crippen LogP) is 5.42. The van der Waals surface area contributed by atoms with E-state index >= 15 is 0 Å². The van der Waals surface area contributed by atoms with Gasteiger partial charge in [-0.2, -0.15) is 0 Å². The molecule has 0 saturated heterocycles. The van der Waals surface area contributed by atoms with Gasteiger partial charge in [0.2, 0.25) is 13.6 Å². The van der Waals surface area contributed by atoms with Crippen molar-refractivity contribution in [1.82, 2.24) is 0 Å². The number of carbonyl (C=O) groups excluding carboxylic acids is 4. The van der Waals surface area contributed by atoms with E-state index in [9.17, 15) is 19.2 Å². The van der Waals surface area contributed by atoms with Crippen molar-refractivity contribution in [1.29, 1.82) is 0 Å². The van der Waals surface area contributed by atoms with Gasteiger partial charge in [-0.25, -0.2) is 14.4 Å². The zero-order valence-corrected chi connectivity index (χ0v) is 21.7. The summed E-state index contributed by atoms with van der Waals surface area (Å²) in [6.45, 7) is 6.05. The predicted molar refractivity (Wildman–Crippen MR) is 149 cm³/mol. The van der Waals surface area contributed by atoms with Crippen molar-refractivity contribution in [3.8, 4) is 17.2 Å². The second-order valence-corrected chi connectivity index (χ2v) is 8.35. The van der Waals surface area contributed by atoms with E-state index in [4.69, 9.17) is 23.7 Å². The topological polar surface area (TPSA) is 114 Å². The maximum Gasteiger partial charge on any atom is 0.343 e. The summed E-state index contributed by atoms with van der Waals surface area (Å²) in [6, 6.07) is 23.0. The molecule has 0 aliphatic rings. The van der Waals surface area contributed by atoms with Gasteiger partial charge in [-0.15, -0.1) is 0 Å². The molecule has 0 spiro atoms. The van der Waals surface area contributed by atoms with Gasteiger partial charge < -0.3 is 23.7 Å². The average Bonchev–Trinajstić information content (AvgIpc) is 3.00. The highest BCUT2D eigenvalue weighted by molar-refractivity contribution is 6.10. The van der Waals surface area contributed by atoms with E-state index in [2.05, 4.69) is 13.2 Å². The third-order valence-corrected chi connectivity index (χ3v) is 5.68. The van der Waals surface area contributed by atoms with Gasteiger partial charge in [-0.05, 0) is 77.5 Å². The number of esters is 3. The van der Waals surface area contributed by atoms with Gasteiger partial charge in [-0.3, -0.25) is 4.79 Å². The molecule has 206 valence electrons. The highest BCUT2D eigenvalue weighted by Crippen LogP contribution is 2.25. The molecule has 0 radical (unpaired) electrons. The Kier molecular flexibility index (Phi) is 9.25. The Morgan fingerprint density at radius 2 is 1.02 bits per heavy atom. The fraction of sp³-hybridized carbons (Fsp3) is 0.0625. The van der Waals surface area contributed by atoms with Crippen LogP contribution in [-0.4, -0.2) is 37.3 Å². The molecular formula is C32H24O9. The third-order valence-electron chi connectivity index (χ3n) is 5.68. The van der Waals surface area contributed by atoms with Gasteiger partial charge in [0.25, 0.3) is 0 Å². The molecule has 0 unspecified atom stereocenters. The van der Waals surface area contributed by atoms with E-state index < -0.39 is 17.9 Å². The fourth-order valence-corrected chi connectivity index (χ4v) is 3.58. The van der Waals surface area contributed by atoms with Crippen LogP contribution in [0, 0.1) is 0 Å². The van der Waals surface area contributed by atoms with Crippen LogP contribution >= 0.6 is 0 Å². The molecule has 9 nitrogen and oxygen atoms in total. The van der Waals surface area contributed by atoms with Crippen LogP contribution < -0.4 is 14.2 Å². The monoisotopic (exact) mass is 552 g/mol. The molecule has 4 aromatic rings. The normalized spacial score (nSPS) is 10.2. The van der Waals surface area contributed by atoms with Crippen LogP contribution in [0.3, 0.4) is 0 Å². The molecule has 4 rings (SSSR count). The van der Waals surface area contributed by atoms with Crippen LogP contribution in [0.2, 0.25) is 0 Å². The lowest BCUT2D eigenvalue weighted by atomic mass is 10.00. The molecule has 0 amide bonds. The molecule has 0 aliphatic heterocycles. The molecule has 0 fully saturated rings. The first-order valence-corrected chi connectivity index (χ1v) is 12.2. The van der Waals surface area contributed by atoms with Crippen molar-refractivity contribution in [2.24, 2.45) is 0 Å². The highest BCUT2D eigenvalue weighted by Gasteiger charge is 2.13. The smallest absolute Gasteiger partial charge is 0.343 e. The van der Waals surface area contributed by atoms with Gasteiger partial charge in [0.15, 0.2) is 5.78 Å². The van der Waals surface area contributed by atoms with Gasteiger partial charge in [0.05, 0.1) is 5.56 Å². The number of fused-ring (bicyclic) bond motifs is 1. The standard InChI is InChI=1S/C32H24O9/c1-3-29(33)39-19-37-26-12-7-21(8-13-26)31(35)25-6-5-24-18-28(16-11-23(24)17-25)41-32(36)22-9-14-27(15-10-22)38-20-40-30(34)4-2/h3-18H,1-2,19-20H2. The zero-order chi connectivity index (χ0) is 29.2. The van der Waals surface area contributed by atoms with Crippen LogP contribution in [-0.2, 0) is 19.1 Å². The number of hydrogen-bond donors (Lipinski definition) is 0. The number of hydrogen-bond acceptors (Lipinski definition) is 9. The second kappa shape index (κ2) is 13.4. The van der Waals surface area contributed by atoms with Crippen molar-refractivity contribution >= 4 is 34.5 Å². The minimum atomic E-state index is -0.604. The molecular weight excluding hydrogens is 528 g/mol. The summed E-state index contributed by atoms with van der Waals surface area (Å²) >= 11 is 0. The van der Waals surface area contributed by atoms with Crippen molar-refractivity contribution < 1.29 is 42.9 Å². The molecule has 0 atom stereocenters. The lowest BCUT2D eigenvalue weighted by Gasteiger charge is -2.09. The maximum atomic E-state index is 13.0. The number of carbonyl (C=O) groups is 4. The van der Waals surface area contributed by atoms with E-state index in [0.717, 1.165) is 22.9 Å². The van der Waals surface area contributed by atoms with E-state index in [1.165, 1.54) is 12.1 Å². The quantitative estimate of drug-likeness (QED) is 0.0747. The van der Waals surface area contributed by atoms with Crippen molar-refractivity contribution in [2.75, 3.05) is 13.6 Å². The molecule has 0 saturated carbocycles. The summed E-state index contributed by atoms with van der Waals surface area (Å²) in [7, 11) is 0. The second-order valence-electron chi connectivity index (χ2n) is 8.35. The first-order valence-electron chi connectivity index (χ1n) is 12.2. The SMILES string of the molecule is C=CC(=O)OCOc1ccc(C(=O)Oc2ccc3cc(C(=O)c4ccc(OCOC(=O)C=C)cc4)ccc3c2)cc1. The Labute approximate surface area is 235 Å². The summed E-state index contributed by atoms with van der Waals surface area (Å²) in [5, 5.41) is 1.57. The first kappa shape index (κ1) is 28.3. The van der Waals surface area contributed by atoms with Gasteiger partial charge in [-0.1, -0.05) is 31.4 Å². The number of rotatable bonds is 12. The lowest BCUT2D eigenvalue weighted by molar-refractivity contribution is -0.145. The Morgan fingerprint density at radius 3 is 1.59 bits per heavy atom. The highest BCUT2D eigenvalue weighted by atomic mass is 16.7. The summed E-state index contributed by atoms with van der Waals surface area (Å²) in [4.78, 5) is 47.7. The third kappa shape index (κ3) is 7.67. The molecule has 9 heteroatoms. The molecule has 0 heterocycles. The molecule has 4 aromatic carbocycles. The average molecular weight is 553 g/mol. The first-order chi connectivity index (χ1) is 19.9. The summed E-state index contributed by atoms with van der Waals surface area (Å²) in [5.74, 6) is -0.757. The van der Waals surface area contributed by atoms with Crippen molar-refractivity contribution in [2.45, 2.75) is 0 Å². The van der Waals surface area contributed by atoms with E-state index in [-0.39, 0.29) is 19.4 Å². The van der Waals surface area contributed by atoms with Crippen LogP contribution in [0.5, 0.6) is 17.2 Å². The van der Waals surface area contributed by atoms with E-state index in [1.807, 2.05) is 0 Å². The summed E-state index contributed by atoms with van der Waals surface area (Å²) in [6.07, 6.45) is 2.07. The number of ketones is 1. The molecule has 41 heavy (non-hydrogen) atoms. The van der Waals surface area contributed by atoms with Gasteiger partial charge in [0, 0.05) is 23.3 Å². The summed E-state index contributed by atoms with van der Waals surface area (Å²) in [5.41, 5.74) is 1.24. The largest absolute Gasteiger partial charge is 0.457 e. The summed E-state index contributed by atoms with van der Waals surface area (Å²) < 4.78 is 25.6. The van der Waals surface area contributed by atoms with Crippen LogP contribution in [0.25, 0.3) is 10.8 Å². The van der Waals surface area contributed by atoms with Crippen LogP contribution in [0.15, 0.2) is 110 Å². The molecule has 0 aliphatic carbocycles. The van der Waals surface area contributed by atoms with Crippen molar-refractivity contribution in [3.63, 3.8) is 0 Å². The molecule has 0 aromatic heterocycles. The Hall–Kier alpha value is -5.70.